The van der Waals surface area contributed by atoms with E-state index < -0.39 is 0 Å². The van der Waals surface area contributed by atoms with Crippen molar-refractivity contribution in [3.05, 3.63) is 119 Å². The summed E-state index contributed by atoms with van der Waals surface area (Å²) in [7, 11) is 0. The van der Waals surface area contributed by atoms with Gasteiger partial charge in [-0.1, -0.05) is 111 Å². The Hall–Kier alpha value is -6.04. The van der Waals surface area contributed by atoms with Crippen molar-refractivity contribution in [1.82, 2.24) is 10.6 Å². The molecule has 0 radical (unpaired) electrons. The zero-order valence-electron chi connectivity index (χ0n) is 38.0. The number of esters is 2. The summed E-state index contributed by atoms with van der Waals surface area (Å²) >= 11 is 0. The molecule has 0 heterocycles. The molecule has 4 aromatic carbocycles. The maximum atomic E-state index is 11.5. The Bertz CT molecular complexity index is 1810. The van der Waals surface area contributed by atoms with E-state index in [9.17, 15) is 29.4 Å². The largest absolute Gasteiger partial charge is 0.508 e. The number of carbonyl (C=O) groups excluding carboxylic acids is 4. The Labute approximate surface area is 368 Å². The Morgan fingerprint density at radius 2 is 0.952 bits per heavy atom. The number of para-hydroxylation sites is 1. The third kappa shape index (κ3) is 26.2. The number of aromatic hydroxyl groups is 4. The van der Waals surface area contributed by atoms with Gasteiger partial charge in [0.2, 0.25) is 5.91 Å². The fraction of sp³-hybridized carbons (Fsp3) is 0.440. The lowest BCUT2D eigenvalue weighted by atomic mass is 9.96. The lowest BCUT2D eigenvalue weighted by Crippen LogP contribution is -2.28. The molecule has 0 aliphatic carbocycles. The molecule has 12 nitrogen and oxygen atoms in total. The molecule has 0 saturated carbocycles. The minimum absolute atomic E-state index is 0.0220. The molecule has 1 unspecified atom stereocenters. The van der Waals surface area contributed by atoms with Crippen LogP contribution in [0.3, 0.4) is 0 Å². The number of phenolic OH excluding ortho intramolecular Hbond substituents is 4. The lowest BCUT2D eigenvalue weighted by Gasteiger charge is -2.12. The van der Waals surface area contributed by atoms with Gasteiger partial charge in [0.25, 0.3) is 5.91 Å². The van der Waals surface area contributed by atoms with Crippen LogP contribution in [0.25, 0.3) is 0 Å². The molecule has 0 aromatic heterocycles. The van der Waals surface area contributed by atoms with E-state index in [4.69, 9.17) is 19.7 Å². The van der Waals surface area contributed by atoms with Crippen LogP contribution in [-0.2, 0) is 36.7 Å². The van der Waals surface area contributed by atoms with E-state index in [1.165, 1.54) is 6.07 Å². The highest BCUT2D eigenvalue weighted by molar-refractivity contribution is 5.96. The Kier molecular flexibility index (Phi) is 26.2. The van der Waals surface area contributed by atoms with Gasteiger partial charge in [-0.3, -0.25) is 19.2 Å². The molecule has 0 saturated heterocycles. The van der Waals surface area contributed by atoms with Gasteiger partial charge in [-0.15, -0.1) is 0 Å². The van der Waals surface area contributed by atoms with E-state index in [2.05, 4.69) is 31.4 Å². The first-order chi connectivity index (χ1) is 29.2. The van der Waals surface area contributed by atoms with Gasteiger partial charge < -0.3 is 40.5 Å². The molecular weight excluding hydrogens is 789 g/mol. The van der Waals surface area contributed by atoms with Crippen molar-refractivity contribution in [2.24, 2.45) is 23.7 Å². The summed E-state index contributed by atoms with van der Waals surface area (Å²) < 4.78 is 10.2. The summed E-state index contributed by atoms with van der Waals surface area (Å²) in [5, 5.41) is 42.3. The van der Waals surface area contributed by atoms with Crippen molar-refractivity contribution in [2.45, 2.75) is 93.9 Å². The van der Waals surface area contributed by atoms with Crippen molar-refractivity contribution < 1.29 is 49.1 Å². The number of carbonyl (C=O) groups is 4. The summed E-state index contributed by atoms with van der Waals surface area (Å²) in [6.45, 7) is 20.5. The van der Waals surface area contributed by atoms with Gasteiger partial charge in [-0.25, -0.2) is 0 Å². The maximum absolute atomic E-state index is 11.5. The van der Waals surface area contributed by atoms with E-state index >= 15 is 0 Å². The van der Waals surface area contributed by atoms with Crippen LogP contribution < -0.4 is 10.6 Å². The van der Waals surface area contributed by atoms with Crippen LogP contribution in [0.5, 0.6) is 23.0 Å². The molecule has 0 bridgehead atoms. The summed E-state index contributed by atoms with van der Waals surface area (Å²) in [5.41, 5.74) is 3.22. The van der Waals surface area contributed by atoms with Gasteiger partial charge in [0, 0.05) is 19.5 Å². The Morgan fingerprint density at radius 1 is 0.516 bits per heavy atom. The lowest BCUT2D eigenvalue weighted by molar-refractivity contribution is -0.145. The van der Waals surface area contributed by atoms with Gasteiger partial charge in [-0.2, -0.15) is 0 Å². The molecule has 62 heavy (non-hydrogen) atoms. The van der Waals surface area contributed by atoms with Gasteiger partial charge in [0.1, 0.15) is 23.0 Å². The first-order valence-electron chi connectivity index (χ1n) is 21.2. The highest BCUT2D eigenvalue weighted by Gasteiger charge is 2.12. The van der Waals surface area contributed by atoms with E-state index in [1.807, 2.05) is 53.7 Å². The topological polar surface area (TPSA) is 192 Å². The fourth-order valence-electron chi connectivity index (χ4n) is 4.96. The molecule has 4 rings (SSSR count). The number of amides is 2. The van der Waals surface area contributed by atoms with Crippen LogP contribution >= 0.6 is 0 Å². The van der Waals surface area contributed by atoms with Crippen LogP contribution in [0, 0.1) is 23.7 Å². The average molecular weight is 859 g/mol. The van der Waals surface area contributed by atoms with Crippen molar-refractivity contribution in [3.8, 4) is 23.0 Å². The standard InChI is InChI=1S/C15H22O3.C12H17NO2.C12H16O3.C11H15NO2/c1-11(2)10-18-15(17)9-4-12(3)13-5-7-14(16)8-6-13;1-9(2)8-13-12(15)7-10-3-5-11(14)6-4-10;1-9(2)8-15-12(14)7-10-3-5-11(13)6-4-10;1-8(2)7-12-11(14)9-5-3-4-6-10(9)13/h5-8,11-12,16H,4,9-10H2,1-3H3;3-6,9,14H,7-8H2,1-2H3,(H,13,15);3-6,9,13H,7-8H2,1-2H3;3-6,8,13H,7H2,1-2H3,(H,12,14). The molecule has 12 heteroatoms. The highest BCUT2D eigenvalue weighted by atomic mass is 16.5. The molecule has 4 aromatic rings. The van der Waals surface area contributed by atoms with E-state index in [0.29, 0.717) is 68.4 Å². The zero-order valence-corrected chi connectivity index (χ0v) is 38.0. The molecule has 2 amide bonds. The number of ether oxygens (including phenoxy) is 2. The zero-order chi connectivity index (χ0) is 46.6. The first-order valence-corrected chi connectivity index (χ1v) is 21.2. The highest BCUT2D eigenvalue weighted by Crippen LogP contribution is 2.23. The monoisotopic (exact) mass is 859 g/mol. The quantitative estimate of drug-likeness (QED) is 0.0559. The van der Waals surface area contributed by atoms with Crippen LogP contribution in [0.15, 0.2) is 97.1 Å². The van der Waals surface area contributed by atoms with Crippen LogP contribution in [-0.4, -0.2) is 70.5 Å². The molecule has 6 N–H and O–H groups in total. The summed E-state index contributed by atoms with van der Waals surface area (Å²) in [6.07, 6.45) is 1.83. The number of phenols is 4. The molecule has 0 fully saturated rings. The predicted octanol–water partition coefficient (Wildman–Crippen LogP) is 9.09. The second-order valence-electron chi connectivity index (χ2n) is 16.7. The molecule has 0 aliphatic heterocycles. The summed E-state index contributed by atoms with van der Waals surface area (Å²) in [4.78, 5) is 45.7. The average Bonchev–Trinajstić information content (AvgIpc) is 3.22. The van der Waals surface area contributed by atoms with Crippen molar-refractivity contribution >= 4 is 23.8 Å². The Morgan fingerprint density at radius 3 is 1.42 bits per heavy atom. The molecule has 0 aliphatic rings. The minimum Gasteiger partial charge on any atom is -0.508 e. The normalized spacial score (nSPS) is 10.9. The SMILES string of the molecule is CC(C)CNC(=O)Cc1ccc(O)cc1.CC(C)CNC(=O)c1ccccc1O.CC(C)COC(=O)CCC(C)c1ccc(O)cc1.CC(C)COC(=O)Cc1ccc(O)cc1. The second-order valence-corrected chi connectivity index (χ2v) is 16.7. The molecule has 0 spiro atoms. The van der Waals surface area contributed by atoms with Crippen LogP contribution in [0.2, 0.25) is 0 Å². The third-order valence-electron chi connectivity index (χ3n) is 8.51. The van der Waals surface area contributed by atoms with Crippen molar-refractivity contribution in [2.75, 3.05) is 26.3 Å². The number of benzene rings is 4. The fourth-order valence-corrected chi connectivity index (χ4v) is 4.96. The van der Waals surface area contributed by atoms with Crippen LogP contribution in [0.4, 0.5) is 0 Å². The van der Waals surface area contributed by atoms with Gasteiger partial charge in [0.05, 0.1) is 31.6 Å². The predicted molar refractivity (Wildman–Crippen MR) is 244 cm³/mol. The van der Waals surface area contributed by atoms with Gasteiger partial charge in [0.15, 0.2) is 0 Å². The second kappa shape index (κ2) is 30.1. The number of hydrogen-bond donors (Lipinski definition) is 6. The van der Waals surface area contributed by atoms with E-state index in [0.717, 1.165) is 23.1 Å². The third-order valence-corrected chi connectivity index (χ3v) is 8.51. The molecular formula is C50H70N2O10. The van der Waals surface area contributed by atoms with Crippen molar-refractivity contribution in [1.29, 1.82) is 0 Å². The van der Waals surface area contributed by atoms with Crippen LogP contribution in [0.1, 0.15) is 108 Å². The maximum Gasteiger partial charge on any atom is 0.310 e. The van der Waals surface area contributed by atoms with Gasteiger partial charge >= 0.3 is 11.9 Å². The first kappa shape index (κ1) is 54.0. The minimum atomic E-state index is -0.227. The number of nitrogens with one attached hydrogen (secondary N) is 2. The Balaban J connectivity index is 0.000000415. The summed E-state index contributed by atoms with van der Waals surface area (Å²) in [5.74, 6) is 2.05. The van der Waals surface area contributed by atoms with Crippen molar-refractivity contribution in [3.63, 3.8) is 0 Å². The smallest absolute Gasteiger partial charge is 0.310 e. The van der Waals surface area contributed by atoms with E-state index in [-0.39, 0.29) is 59.1 Å². The number of hydrogen-bond acceptors (Lipinski definition) is 10. The summed E-state index contributed by atoms with van der Waals surface area (Å²) in [6, 6.07) is 26.9. The molecule has 1 atom stereocenters. The number of rotatable bonds is 17. The molecule has 340 valence electrons. The van der Waals surface area contributed by atoms with E-state index in [1.54, 1.807) is 78.9 Å². The van der Waals surface area contributed by atoms with Gasteiger partial charge in [-0.05, 0) is 101 Å².